The molecule has 1 saturated heterocycles. The van der Waals surface area contributed by atoms with Gasteiger partial charge >= 0.3 is 5.97 Å². The average molecular weight is 279 g/mol. The van der Waals surface area contributed by atoms with Gasteiger partial charge in [-0.3, -0.25) is 0 Å². The summed E-state index contributed by atoms with van der Waals surface area (Å²) >= 11 is 0. The van der Waals surface area contributed by atoms with E-state index < -0.39 is 11.8 Å². The van der Waals surface area contributed by atoms with E-state index in [9.17, 15) is 14.3 Å². The Morgan fingerprint density at radius 1 is 1.30 bits per heavy atom. The molecular weight excluding hydrogens is 257 g/mol. The van der Waals surface area contributed by atoms with Gasteiger partial charge < -0.3 is 10.0 Å². The first kappa shape index (κ1) is 14.8. The van der Waals surface area contributed by atoms with Crippen molar-refractivity contribution >= 4 is 11.7 Å². The van der Waals surface area contributed by atoms with E-state index in [4.69, 9.17) is 0 Å². The third kappa shape index (κ3) is 2.65. The van der Waals surface area contributed by atoms with E-state index in [-0.39, 0.29) is 11.0 Å². The monoisotopic (exact) mass is 279 g/mol. The van der Waals surface area contributed by atoms with Crippen molar-refractivity contribution in [2.24, 2.45) is 5.41 Å². The molecule has 0 atom stereocenters. The Morgan fingerprint density at radius 3 is 2.40 bits per heavy atom. The molecule has 1 aliphatic rings. The van der Waals surface area contributed by atoms with Gasteiger partial charge in [0.05, 0.1) is 5.69 Å². The first-order valence-electron chi connectivity index (χ1n) is 7.30. The molecule has 0 spiro atoms. The van der Waals surface area contributed by atoms with Crippen molar-refractivity contribution in [3.05, 3.63) is 29.6 Å². The predicted molar refractivity (Wildman–Crippen MR) is 77.8 cm³/mol. The molecule has 2 rings (SSSR count). The lowest BCUT2D eigenvalue weighted by Crippen LogP contribution is -2.56. The summed E-state index contributed by atoms with van der Waals surface area (Å²) in [6.07, 6.45) is 4.55. The van der Waals surface area contributed by atoms with Crippen LogP contribution < -0.4 is 4.90 Å². The van der Waals surface area contributed by atoms with E-state index in [0.29, 0.717) is 5.69 Å². The quantitative estimate of drug-likeness (QED) is 0.857. The van der Waals surface area contributed by atoms with E-state index in [0.717, 1.165) is 38.8 Å². The summed E-state index contributed by atoms with van der Waals surface area (Å²) < 4.78 is 13.7. The Morgan fingerprint density at radius 2 is 1.90 bits per heavy atom. The van der Waals surface area contributed by atoms with Gasteiger partial charge in [0.25, 0.3) is 0 Å². The van der Waals surface area contributed by atoms with Crippen LogP contribution in [0.5, 0.6) is 0 Å². The van der Waals surface area contributed by atoms with Crippen molar-refractivity contribution in [1.29, 1.82) is 0 Å². The molecule has 0 unspecified atom stereocenters. The highest BCUT2D eigenvalue weighted by atomic mass is 19.1. The van der Waals surface area contributed by atoms with Crippen LogP contribution in [0.1, 0.15) is 49.9 Å². The molecule has 1 heterocycles. The van der Waals surface area contributed by atoms with Gasteiger partial charge in [0, 0.05) is 18.5 Å². The van der Waals surface area contributed by atoms with Crippen molar-refractivity contribution in [3.63, 3.8) is 0 Å². The van der Waals surface area contributed by atoms with Crippen LogP contribution in [0, 0.1) is 11.2 Å². The highest BCUT2D eigenvalue weighted by Crippen LogP contribution is 2.43. The fourth-order valence-corrected chi connectivity index (χ4v) is 3.42. The van der Waals surface area contributed by atoms with Crippen molar-refractivity contribution in [2.45, 2.75) is 39.5 Å². The fraction of sp³-hybridized carbons (Fsp3) is 0.562. The van der Waals surface area contributed by atoms with Gasteiger partial charge in [0.15, 0.2) is 0 Å². The number of carboxylic acids is 1. The number of hydrogen-bond acceptors (Lipinski definition) is 2. The Kier molecular flexibility index (Phi) is 4.31. The SMILES string of the molecule is CCCC1(CCC)CN(c2cccc(F)c2C(=O)O)C1. The molecule has 1 N–H and O–H groups in total. The van der Waals surface area contributed by atoms with Crippen LogP contribution in [-0.2, 0) is 0 Å². The average Bonchev–Trinajstić information content (AvgIpc) is 2.34. The Hall–Kier alpha value is -1.58. The largest absolute Gasteiger partial charge is 0.478 e. The molecule has 20 heavy (non-hydrogen) atoms. The molecule has 1 fully saturated rings. The summed E-state index contributed by atoms with van der Waals surface area (Å²) in [5.41, 5.74) is 0.598. The lowest BCUT2D eigenvalue weighted by Gasteiger charge is -2.52. The number of nitrogens with zero attached hydrogens (tertiary/aromatic N) is 1. The maximum Gasteiger partial charge on any atom is 0.340 e. The molecule has 0 aromatic heterocycles. The summed E-state index contributed by atoms with van der Waals surface area (Å²) in [6, 6.07) is 4.49. The summed E-state index contributed by atoms with van der Waals surface area (Å²) in [4.78, 5) is 13.2. The van der Waals surface area contributed by atoms with Crippen molar-refractivity contribution in [2.75, 3.05) is 18.0 Å². The van der Waals surface area contributed by atoms with E-state index in [2.05, 4.69) is 13.8 Å². The first-order chi connectivity index (χ1) is 9.53. The van der Waals surface area contributed by atoms with Crippen LogP contribution in [0.3, 0.4) is 0 Å². The standard InChI is InChI=1S/C16H22FNO2/c1-3-8-16(9-4-2)10-18(11-16)13-7-5-6-12(17)14(13)15(19)20/h5-7H,3-4,8-11H2,1-2H3,(H,19,20). The first-order valence-corrected chi connectivity index (χ1v) is 7.30. The third-order valence-electron chi connectivity index (χ3n) is 4.16. The second-order valence-corrected chi connectivity index (χ2v) is 5.80. The molecule has 3 nitrogen and oxygen atoms in total. The molecule has 1 aliphatic heterocycles. The molecule has 0 saturated carbocycles. The van der Waals surface area contributed by atoms with E-state index >= 15 is 0 Å². The van der Waals surface area contributed by atoms with E-state index in [1.54, 1.807) is 12.1 Å². The second-order valence-electron chi connectivity index (χ2n) is 5.80. The summed E-state index contributed by atoms with van der Waals surface area (Å²) in [6.45, 7) is 6.01. The zero-order valence-corrected chi connectivity index (χ0v) is 12.2. The molecular formula is C16H22FNO2. The zero-order valence-electron chi connectivity index (χ0n) is 12.2. The summed E-state index contributed by atoms with van der Waals surface area (Å²) in [7, 11) is 0. The molecule has 1 aromatic rings. The van der Waals surface area contributed by atoms with Crippen molar-refractivity contribution < 1.29 is 14.3 Å². The molecule has 0 aliphatic carbocycles. The van der Waals surface area contributed by atoms with Crippen LogP contribution in [0.2, 0.25) is 0 Å². The van der Waals surface area contributed by atoms with E-state index in [1.165, 1.54) is 6.07 Å². The van der Waals surface area contributed by atoms with Gasteiger partial charge in [-0.05, 0) is 25.0 Å². The molecule has 0 amide bonds. The van der Waals surface area contributed by atoms with Gasteiger partial charge in [-0.25, -0.2) is 9.18 Å². The van der Waals surface area contributed by atoms with Crippen LogP contribution >= 0.6 is 0 Å². The number of benzene rings is 1. The second kappa shape index (κ2) is 5.81. The molecule has 1 aromatic carbocycles. The van der Waals surface area contributed by atoms with E-state index in [1.807, 2.05) is 4.90 Å². The number of halogens is 1. The highest BCUT2D eigenvalue weighted by Gasteiger charge is 2.42. The lowest BCUT2D eigenvalue weighted by molar-refractivity contribution is 0.0691. The number of carboxylic acid groups (broad SMARTS) is 1. The van der Waals surface area contributed by atoms with Crippen LogP contribution in [0.4, 0.5) is 10.1 Å². The van der Waals surface area contributed by atoms with Crippen LogP contribution in [-0.4, -0.2) is 24.2 Å². The Bertz CT molecular complexity index is 487. The van der Waals surface area contributed by atoms with Gasteiger partial charge in [-0.15, -0.1) is 0 Å². The zero-order chi connectivity index (χ0) is 14.8. The van der Waals surface area contributed by atoms with Gasteiger partial charge in [0.1, 0.15) is 11.4 Å². The number of carbonyl (C=O) groups is 1. The number of aromatic carboxylic acids is 1. The van der Waals surface area contributed by atoms with Crippen LogP contribution in [0.25, 0.3) is 0 Å². The van der Waals surface area contributed by atoms with Crippen molar-refractivity contribution in [1.82, 2.24) is 0 Å². The number of hydrogen-bond donors (Lipinski definition) is 1. The predicted octanol–water partition coefficient (Wildman–Crippen LogP) is 3.93. The summed E-state index contributed by atoms with van der Waals surface area (Å²) in [5, 5.41) is 9.19. The maximum absolute atomic E-state index is 13.7. The van der Waals surface area contributed by atoms with Gasteiger partial charge in [0.2, 0.25) is 0 Å². The normalized spacial score (nSPS) is 16.9. The number of rotatable bonds is 6. The van der Waals surface area contributed by atoms with Gasteiger partial charge in [-0.1, -0.05) is 32.8 Å². The highest BCUT2D eigenvalue weighted by molar-refractivity contribution is 5.95. The molecule has 0 bridgehead atoms. The fourth-order valence-electron chi connectivity index (χ4n) is 3.42. The minimum atomic E-state index is -1.19. The molecule has 4 heteroatoms. The maximum atomic E-state index is 13.7. The summed E-state index contributed by atoms with van der Waals surface area (Å²) in [5.74, 6) is -1.85. The Balaban J connectivity index is 2.20. The Labute approximate surface area is 119 Å². The van der Waals surface area contributed by atoms with Gasteiger partial charge in [-0.2, -0.15) is 0 Å². The van der Waals surface area contributed by atoms with Crippen molar-refractivity contribution in [3.8, 4) is 0 Å². The molecule has 110 valence electrons. The lowest BCUT2D eigenvalue weighted by atomic mass is 9.72. The minimum Gasteiger partial charge on any atom is -0.478 e. The topological polar surface area (TPSA) is 40.5 Å². The molecule has 0 radical (unpaired) electrons. The smallest absolute Gasteiger partial charge is 0.340 e. The minimum absolute atomic E-state index is 0.200. The number of anilines is 1. The van der Waals surface area contributed by atoms with Crippen LogP contribution in [0.15, 0.2) is 18.2 Å². The third-order valence-corrected chi connectivity index (χ3v) is 4.16.